The Hall–Kier alpha value is -2.88. The van der Waals surface area contributed by atoms with Gasteiger partial charge in [-0.1, -0.05) is 11.8 Å². The molecular weight excluding hydrogens is 350 g/mol. The number of nitrogens with zero attached hydrogens (tertiary/aromatic N) is 2. The van der Waals surface area contributed by atoms with E-state index in [1.807, 2.05) is 0 Å². The molecule has 9 nitrogen and oxygen atoms in total. The predicted octanol–water partition coefficient (Wildman–Crippen LogP) is 0.635. The van der Waals surface area contributed by atoms with Crippen molar-refractivity contribution in [1.82, 2.24) is 5.32 Å². The van der Waals surface area contributed by atoms with Crippen LogP contribution in [0.15, 0.2) is 34.5 Å². The van der Waals surface area contributed by atoms with Crippen molar-refractivity contribution in [3.05, 3.63) is 29.8 Å². The Morgan fingerprint density at radius 3 is 2.72 bits per heavy atom. The average Bonchev–Trinajstić information content (AvgIpc) is 2.92. The minimum Gasteiger partial charge on any atom is -0.482 e. The summed E-state index contributed by atoms with van der Waals surface area (Å²) in [6.45, 7) is -0.175. The number of carboxylic acids is 1. The van der Waals surface area contributed by atoms with Crippen molar-refractivity contribution in [3.63, 3.8) is 0 Å². The monoisotopic (exact) mass is 365 g/mol. The topological polar surface area (TPSA) is 127 Å². The van der Waals surface area contributed by atoms with Crippen molar-refractivity contribution in [3.8, 4) is 5.75 Å². The van der Waals surface area contributed by atoms with E-state index in [0.717, 1.165) is 17.3 Å². The number of ether oxygens (including phenoxy) is 2. The zero-order valence-corrected chi connectivity index (χ0v) is 14.0. The fourth-order valence-corrected chi connectivity index (χ4v) is 2.66. The number of benzene rings is 1. The van der Waals surface area contributed by atoms with Gasteiger partial charge in [0.15, 0.2) is 11.8 Å². The minimum absolute atomic E-state index is 0.175. The molecule has 1 unspecified atom stereocenters. The molecule has 2 N–H and O–H groups in total. The number of carboxylic acid groups (broad SMARTS) is 1. The van der Waals surface area contributed by atoms with Gasteiger partial charge in [0.1, 0.15) is 11.0 Å². The number of rotatable bonds is 7. The first-order chi connectivity index (χ1) is 12.0. The van der Waals surface area contributed by atoms with E-state index in [2.05, 4.69) is 20.3 Å². The van der Waals surface area contributed by atoms with Crippen LogP contribution in [0.25, 0.3) is 0 Å². The summed E-state index contributed by atoms with van der Waals surface area (Å²) in [4.78, 5) is 33.2. The van der Waals surface area contributed by atoms with E-state index in [9.17, 15) is 14.4 Å². The lowest BCUT2D eigenvalue weighted by Gasteiger charge is -2.04. The highest BCUT2D eigenvalue weighted by atomic mass is 32.2. The summed E-state index contributed by atoms with van der Waals surface area (Å²) in [5, 5.41) is 18.4. The zero-order valence-electron chi connectivity index (χ0n) is 13.2. The Morgan fingerprint density at radius 2 is 2.08 bits per heavy atom. The fourth-order valence-electron chi connectivity index (χ4n) is 1.74. The van der Waals surface area contributed by atoms with Crippen LogP contribution in [0.3, 0.4) is 0 Å². The van der Waals surface area contributed by atoms with Crippen LogP contribution >= 0.6 is 11.8 Å². The number of carbonyl (C=O) groups excluding carboxylic acids is 2. The van der Waals surface area contributed by atoms with Gasteiger partial charge >= 0.3 is 11.9 Å². The van der Waals surface area contributed by atoms with Crippen LogP contribution < -0.4 is 10.1 Å². The number of amidine groups is 1. The van der Waals surface area contributed by atoms with E-state index in [1.165, 1.54) is 13.3 Å². The number of nitrogens with one attached hydrogen (secondary N) is 1. The minimum atomic E-state index is -1.05. The van der Waals surface area contributed by atoms with Gasteiger partial charge in [0, 0.05) is 0 Å². The van der Waals surface area contributed by atoms with Crippen LogP contribution in [-0.4, -0.2) is 53.3 Å². The fraction of sp³-hybridized carbons (Fsp3) is 0.267. The first-order valence-electron chi connectivity index (χ1n) is 7.08. The van der Waals surface area contributed by atoms with Crippen LogP contribution in [0.1, 0.15) is 12.0 Å². The van der Waals surface area contributed by atoms with Crippen LogP contribution in [0, 0.1) is 0 Å². The lowest BCUT2D eigenvalue weighted by molar-refractivity contribution is -0.143. The second-order valence-corrected chi connectivity index (χ2v) is 5.97. The van der Waals surface area contributed by atoms with E-state index in [1.54, 1.807) is 24.3 Å². The highest BCUT2D eigenvalue weighted by molar-refractivity contribution is 8.15. The lowest BCUT2D eigenvalue weighted by Crippen LogP contribution is -2.26. The van der Waals surface area contributed by atoms with Crippen molar-refractivity contribution < 1.29 is 29.0 Å². The van der Waals surface area contributed by atoms with E-state index < -0.39 is 23.1 Å². The van der Waals surface area contributed by atoms with Gasteiger partial charge in [-0.2, -0.15) is 5.10 Å². The standard InChI is InChI=1S/C15H15N3O6S/c1-23-13(21)8-24-10-4-2-9(3-5-10)7-16-18-15-17-14(22)11(25-15)6-12(19)20/h2-5,7,11H,6,8H2,1H3,(H,19,20)(H,17,18,22). The molecule has 1 saturated heterocycles. The third-order valence-corrected chi connectivity index (χ3v) is 4.03. The zero-order chi connectivity index (χ0) is 18.2. The third-order valence-electron chi connectivity index (χ3n) is 2.96. The number of hydrogen-bond acceptors (Lipinski definition) is 8. The molecule has 132 valence electrons. The summed E-state index contributed by atoms with van der Waals surface area (Å²) >= 11 is 1.03. The molecule has 1 aliphatic rings. The average molecular weight is 365 g/mol. The Labute approximate surface area is 147 Å². The first kappa shape index (κ1) is 18.5. The molecule has 1 amide bonds. The maximum absolute atomic E-state index is 11.5. The number of thioether (sulfide) groups is 1. The molecule has 25 heavy (non-hydrogen) atoms. The Morgan fingerprint density at radius 1 is 1.36 bits per heavy atom. The number of hydrogen-bond donors (Lipinski definition) is 2. The van der Waals surface area contributed by atoms with Crippen molar-refractivity contribution in [2.75, 3.05) is 13.7 Å². The summed E-state index contributed by atoms with van der Waals surface area (Å²) in [5.74, 6) is -1.41. The predicted molar refractivity (Wildman–Crippen MR) is 90.8 cm³/mol. The van der Waals surface area contributed by atoms with Crippen molar-refractivity contribution in [2.24, 2.45) is 10.2 Å². The van der Waals surface area contributed by atoms with E-state index >= 15 is 0 Å². The molecule has 0 aliphatic carbocycles. The van der Waals surface area contributed by atoms with Gasteiger partial charge in [0.05, 0.1) is 19.7 Å². The Bertz CT molecular complexity index is 716. The molecule has 1 aliphatic heterocycles. The second-order valence-electron chi connectivity index (χ2n) is 4.78. The van der Waals surface area contributed by atoms with Crippen LogP contribution in [0.5, 0.6) is 5.75 Å². The van der Waals surface area contributed by atoms with Crippen molar-refractivity contribution >= 4 is 41.0 Å². The molecule has 0 saturated carbocycles. The Kier molecular flexibility index (Phi) is 6.52. The maximum atomic E-state index is 11.5. The quantitative estimate of drug-likeness (QED) is 0.412. The molecular formula is C15H15N3O6S. The largest absolute Gasteiger partial charge is 0.482 e. The smallest absolute Gasteiger partial charge is 0.343 e. The van der Waals surface area contributed by atoms with Gasteiger partial charge in [-0.05, 0) is 29.8 Å². The number of carbonyl (C=O) groups is 3. The third kappa shape index (κ3) is 5.92. The molecule has 10 heteroatoms. The molecule has 1 atom stereocenters. The van der Waals surface area contributed by atoms with Crippen LogP contribution in [0.4, 0.5) is 0 Å². The first-order valence-corrected chi connectivity index (χ1v) is 7.96. The van der Waals surface area contributed by atoms with E-state index in [4.69, 9.17) is 9.84 Å². The molecule has 2 rings (SSSR count). The maximum Gasteiger partial charge on any atom is 0.343 e. The van der Waals surface area contributed by atoms with Gasteiger partial charge in [0.2, 0.25) is 5.91 Å². The number of amides is 1. The van der Waals surface area contributed by atoms with Gasteiger partial charge in [-0.25, -0.2) is 4.79 Å². The molecule has 1 heterocycles. The Balaban J connectivity index is 1.88. The molecule has 0 bridgehead atoms. The summed E-state index contributed by atoms with van der Waals surface area (Å²) < 4.78 is 9.68. The molecule has 0 aromatic heterocycles. The van der Waals surface area contributed by atoms with E-state index in [-0.39, 0.29) is 18.2 Å². The normalized spacial score (nSPS) is 18.4. The highest BCUT2D eigenvalue weighted by Gasteiger charge is 2.32. The van der Waals surface area contributed by atoms with Gasteiger partial charge in [0.25, 0.3) is 0 Å². The molecule has 0 radical (unpaired) electrons. The highest BCUT2D eigenvalue weighted by Crippen LogP contribution is 2.22. The van der Waals surface area contributed by atoms with Crippen molar-refractivity contribution in [1.29, 1.82) is 0 Å². The van der Waals surface area contributed by atoms with Gasteiger partial charge in [-0.3, -0.25) is 9.59 Å². The number of esters is 1. The molecule has 1 aromatic rings. The molecule has 0 spiro atoms. The summed E-state index contributed by atoms with van der Waals surface area (Å²) in [6, 6.07) is 6.74. The number of aliphatic carboxylic acids is 1. The SMILES string of the molecule is COC(=O)COc1ccc(C=NN=C2NC(=O)C(CC(=O)O)S2)cc1. The van der Waals surface area contributed by atoms with Gasteiger partial charge in [-0.15, -0.1) is 5.10 Å². The van der Waals surface area contributed by atoms with Crippen molar-refractivity contribution in [2.45, 2.75) is 11.7 Å². The summed E-state index contributed by atoms with van der Waals surface area (Å²) in [7, 11) is 1.28. The second kappa shape index (κ2) is 8.83. The molecule has 1 aromatic carbocycles. The summed E-state index contributed by atoms with van der Waals surface area (Å²) in [5.41, 5.74) is 0.728. The van der Waals surface area contributed by atoms with Crippen LogP contribution in [-0.2, 0) is 19.1 Å². The number of methoxy groups -OCH3 is 1. The van der Waals surface area contributed by atoms with Gasteiger partial charge < -0.3 is 19.9 Å². The molecule has 1 fully saturated rings. The van der Waals surface area contributed by atoms with Crippen LogP contribution in [0.2, 0.25) is 0 Å². The lowest BCUT2D eigenvalue weighted by atomic mass is 10.2. The van der Waals surface area contributed by atoms with E-state index in [0.29, 0.717) is 5.75 Å². The summed E-state index contributed by atoms with van der Waals surface area (Å²) in [6.07, 6.45) is 1.20.